The molecule has 0 N–H and O–H groups in total. The van der Waals surface area contributed by atoms with Gasteiger partial charge in [0, 0.05) is 12.2 Å². The third-order valence-corrected chi connectivity index (χ3v) is 6.60. The van der Waals surface area contributed by atoms with Crippen molar-refractivity contribution in [3.8, 4) is 0 Å². The fraction of sp³-hybridized carbons (Fsp3) is 0.419. The molecule has 1 unspecified atom stereocenters. The highest BCUT2D eigenvalue weighted by Crippen LogP contribution is 2.36. The molecule has 2 heterocycles. The van der Waals surface area contributed by atoms with Gasteiger partial charge in [0.25, 0.3) is 0 Å². The Morgan fingerprint density at radius 2 is 1.23 bits per heavy atom. The minimum atomic E-state index is -0.684. The summed E-state index contributed by atoms with van der Waals surface area (Å²) in [6.07, 6.45) is -3.27. The number of hydrogen-bond donors (Lipinski definition) is 0. The van der Waals surface area contributed by atoms with Crippen LogP contribution in [0.1, 0.15) is 29.9 Å². The van der Waals surface area contributed by atoms with E-state index < -0.39 is 37.0 Å². The van der Waals surface area contributed by atoms with Gasteiger partial charge in [-0.1, -0.05) is 91.0 Å². The maximum atomic E-state index is 6.43. The average Bonchev–Trinajstić information content (AvgIpc) is 2.99. The van der Waals surface area contributed by atoms with Crippen molar-refractivity contribution in [2.24, 2.45) is 0 Å². The fourth-order valence-electron chi connectivity index (χ4n) is 4.71. The van der Waals surface area contributed by atoms with Gasteiger partial charge in [-0.05, 0) is 18.1 Å². The molecule has 2 saturated heterocycles. The molecule has 8 nitrogen and oxygen atoms in total. The lowest BCUT2D eigenvalue weighted by molar-refractivity contribution is -0.379. The molecule has 0 spiro atoms. The number of benzene rings is 3. The van der Waals surface area contributed by atoms with Crippen LogP contribution >= 0.6 is 0 Å². The molecule has 6 atom stereocenters. The van der Waals surface area contributed by atoms with E-state index in [0.717, 1.165) is 16.7 Å². The quantitative estimate of drug-likeness (QED) is 0.224. The first kappa shape index (κ1) is 27.9. The van der Waals surface area contributed by atoms with E-state index in [9.17, 15) is 0 Å². The van der Waals surface area contributed by atoms with Gasteiger partial charge in [0.15, 0.2) is 12.6 Å². The lowest BCUT2D eigenvalue weighted by atomic mass is 9.97. The summed E-state index contributed by atoms with van der Waals surface area (Å²) in [5, 5.41) is 0. The van der Waals surface area contributed by atoms with Crippen molar-refractivity contribution in [2.75, 3.05) is 26.8 Å². The van der Waals surface area contributed by atoms with Crippen LogP contribution in [0, 0.1) is 0 Å². The summed E-state index contributed by atoms with van der Waals surface area (Å²) in [5.74, 6) is 0. The maximum absolute atomic E-state index is 6.43. The van der Waals surface area contributed by atoms with Crippen molar-refractivity contribution in [2.45, 2.75) is 57.1 Å². The molecule has 3 aromatic carbocycles. The molecule has 0 radical (unpaired) electrons. The maximum Gasteiger partial charge on any atom is 0.187 e. The fourth-order valence-corrected chi connectivity index (χ4v) is 4.71. The minimum Gasteiger partial charge on any atom is -0.351 e. The third-order valence-electron chi connectivity index (χ3n) is 6.60. The molecule has 5 rings (SSSR count). The average molecular weight is 537 g/mol. The molecular formula is C31H36O8. The lowest BCUT2D eigenvalue weighted by Crippen LogP contribution is -2.63. The first-order valence-corrected chi connectivity index (χ1v) is 13.4. The monoisotopic (exact) mass is 536 g/mol. The number of rotatable bonds is 13. The molecule has 0 amide bonds. The van der Waals surface area contributed by atoms with Gasteiger partial charge >= 0.3 is 0 Å². The van der Waals surface area contributed by atoms with Gasteiger partial charge in [-0.2, -0.15) is 0 Å². The molecule has 0 aliphatic carbocycles. The van der Waals surface area contributed by atoms with E-state index in [1.165, 1.54) is 0 Å². The standard InChI is InChI=1S/C31H36O8/c1-2-34-31-29(37-22-33-19-24-14-8-4-9-15-24)28(36-21-32-18-23-12-6-3-7-13-23)27-26(38-31)20-35-30(39-27)25-16-10-5-11-17-25/h3-17,26-31H,2,18-22H2,1H3/t26-,27-,28+,29-,30?,31-/m1/s1. The molecule has 8 heteroatoms. The summed E-state index contributed by atoms with van der Waals surface area (Å²) >= 11 is 0. The molecule has 39 heavy (non-hydrogen) atoms. The van der Waals surface area contributed by atoms with Gasteiger partial charge in [-0.25, -0.2) is 0 Å². The molecule has 0 bridgehead atoms. The van der Waals surface area contributed by atoms with Crippen LogP contribution in [0.25, 0.3) is 0 Å². The Balaban J connectivity index is 1.28. The van der Waals surface area contributed by atoms with Gasteiger partial charge in [0.2, 0.25) is 0 Å². The minimum absolute atomic E-state index is 0.0349. The zero-order chi connectivity index (χ0) is 26.7. The van der Waals surface area contributed by atoms with Gasteiger partial charge in [0.05, 0.1) is 19.8 Å². The Labute approximate surface area is 229 Å². The summed E-state index contributed by atoms with van der Waals surface area (Å²) in [6, 6.07) is 29.7. The van der Waals surface area contributed by atoms with Crippen LogP contribution in [0.4, 0.5) is 0 Å². The Bertz CT molecular complexity index is 1080. The smallest absolute Gasteiger partial charge is 0.187 e. The van der Waals surface area contributed by atoms with Crippen LogP contribution in [-0.4, -0.2) is 57.5 Å². The normalized spacial score (nSPS) is 26.7. The van der Waals surface area contributed by atoms with Gasteiger partial charge < -0.3 is 37.9 Å². The predicted octanol–water partition coefficient (Wildman–Crippen LogP) is 4.98. The molecule has 3 aromatic rings. The summed E-state index contributed by atoms with van der Waals surface area (Å²) in [4.78, 5) is 0. The first-order chi connectivity index (χ1) is 19.3. The highest BCUT2D eigenvalue weighted by atomic mass is 16.8. The molecule has 208 valence electrons. The van der Waals surface area contributed by atoms with Crippen LogP contribution in [0.5, 0.6) is 0 Å². The van der Waals surface area contributed by atoms with Crippen molar-refractivity contribution in [3.63, 3.8) is 0 Å². The summed E-state index contributed by atoms with van der Waals surface area (Å²) in [6.45, 7) is 3.62. The SMILES string of the molecule is CCO[C@@H]1O[C@@H]2COC(c3ccccc3)O[C@H]2[C@H](OCOCc2ccccc2)[C@H]1OCOCc1ccccc1. The highest BCUT2D eigenvalue weighted by molar-refractivity contribution is 5.17. The first-order valence-electron chi connectivity index (χ1n) is 13.4. The van der Waals surface area contributed by atoms with Crippen molar-refractivity contribution < 1.29 is 37.9 Å². The van der Waals surface area contributed by atoms with Crippen molar-refractivity contribution in [1.82, 2.24) is 0 Å². The van der Waals surface area contributed by atoms with E-state index in [1.807, 2.05) is 97.9 Å². The number of ether oxygens (including phenoxy) is 8. The van der Waals surface area contributed by atoms with Crippen LogP contribution in [0.2, 0.25) is 0 Å². The zero-order valence-electron chi connectivity index (χ0n) is 22.1. The molecule has 0 saturated carbocycles. The van der Waals surface area contributed by atoms with Crippen molar-refractivity contribution in [3.05, 3.63) is 108 Å². The van der Waals surface area contributed by atoms with E-state index >= 15 is 0 Å². The largest absolute Gasteiger partial charge is 0.351 e. The van der Waals surface area contributed by atoms with Gasteiger partial charge in [-0.3, -0.25) is 0 Å². The van der Waals surface area contributed by atoms with Gasteiger partial charge in [0.1, 0.15) is 38.0 Å². The lowest BCUT2D eigenvalue weighted by Gasteiger charge is -2.48. The summed E-state index contributed by atoms with van der Waals surface area (Å²) in [5.41, 5.74) is 3.04. The Kier molecular flexibility index (Phi) is 10.5. The second kappa shape index (κ2) is 14.6. The van der Waals surface area contributed by atoms with E-state index in [0.29, 0.717) is 26.4 Å². The van der Waals surface area contributed by atoms with E-state index in [-0.39, 0.29) is 13.6 Å². The molecular weight excluding hydrogens is 500 g/mol. The highest BCUT2D eigenvalue weighted by Gasteiger charge is 2.51. The number of hydrogen-bond acceptors (Lipinski definition) is 8. The van der Waals surface area contributed by atoms with Crippen molar-refractivity contribution >= 4 is 0 Å². The Morgan fingerprint density at radius 3 is 1.82 bits per heavy atom. The van der Waals surface area contributed by atoms with Gasteiger partial charge in [-0.15, -0.1) is 0 Å². The van der Waals surface area contributed by atoms with Crippen LogP contribution in [0.3, 0.4) is 0 Å². The molecule has 2 aliphatic heterocycles. The van der Waals surface area contributed by atoms with Crippen LogP contribution < -0.4 is 0 Å². The predicted molar refractivity (Wildman–Crippen MR) is 142 cm³/mol. The van der Waals surface area contributed by atoms with E-state index in [1.54, 1.807) is 0 Å². The second-order valence-electron chi connectivity index (χ2n) is 9.34. The Morgan fingerprint density at radius 1 is 0.667 bits per heavy atom. The zero-order valence-corrected chi connectivity index (χ0v) is 22.1. The second-order valence-corrected chi connectivity index (χ2v) is 9.34. The topological polar surface area (TPSA) is 73.8 Å². The number of fused-ring (bicyclic) bond motifs is 1. The van der Waals surface area contributed by atoms with Crippen LogP contribution in [0.15, 0.2) is 91.0 Å². The van der Waals surface area contributed by atoms with Crippen molar-refractivity contribution in [1.29, 1.82) is 0 Å². The third kappa shape index (κ3) is 7.72. The van der Waals surface area contributed by atoms with E-state index in [2.05, 4.69) is 0 Å². The Hall–Kier alpha value is -2.66. The molecule has 0 aromatic heterocycles. The molecule has 2 fully saturated rings. The summed E-state index contributed by atoms with van der Waals surface area (Å²) < 4.78 is 48.9. The summed E-state index contributed by atoms with van der Waals surface area (Å²) in [7, 11) is 0. The molecule has 2 aliphatic rings. The van der Waals surface area contributed by atoms with Crippen LogP contribution in [-0.2, 0) is 51.1 Å². The van der Waals surface area contributed by atoms with E-state index in [4.69, 9.17) is 37.9 Å².